The van der Waals surface area contributed by atoms with Gasteiger partial charge in [-0.2, -0.15) is 5.26 Å². The van der Waals surface area contributed by atoms with Crippen molar-refractivity contribution in [3.8, 4) is 17.6 Å². The zero-order valence-electron chi connectivity index (χ0n) is 11.0. The minimum absolute atomic E-state index is 0.0108. The monoisotopic (exact) mass is 281 g/mol. The highest BCUT2D eigenvalue weighted by atomic mass is 16.5. The third kappa shape index (κ3) is 3.38. The molecule has 7 nitrogen and oxygen atoms in total. The number of carbonyl (C=O) groups excluding carboxylic acids is 1. The number of carbonyl (C=O) groups is 1. The van der Waals surface area contributed by atoms with E-state index in [4.69, 9.17) is 10.00 Å². The van der Waals surface area contributed by atoms with Crippen LogP contribution in [0.25, 0.3) is 0 Å². The van der Waals surface area contributed by atoms with Crippen LogP contribution < -0.4 is 4.74 Å². The van der Waals surface area contributed by atoms with Gasteiger partial charge in [0.1, 0.15) is 6.10 Å². The van der Waals surface area contributed by atoms with Gasteiger partial charge < -0.3 is 24.8 Å². The van der Waals surface area contributed by atoms with Crippen LogP contribution in [0.15, 0.2) is 12.1 Å². The lowest BCUT2D eigenvalue weighted by molar-refractivity contribution is -0.144. The maximum atomic E-state index is 11.1. The third-order valence-electron chi connectivity index (χ3n) is 2.74. The number of benzene rings is 1. The number of hydrogen-bond acceptors (Lipinski definition) is 7. The molecule has 2 atom stereocenters. The number of phenols is 1. The fourth-order valence-electron chi connectivity index (χ4n) is 1.65. The van der Waals surface area contributed by atoms with Gasteiger partial charge in [-0.05, 0) is 6.07 Å². The van der Waals surface area contributed by atoms with Gasteiger partial charge >= 0.3 is 5.97 Å². The predicted octanol–water partition coefficient (Wildman–Crippen LogP) is 0.230. The van der Waals surface area contributed by atoms with Gasteiger partial charge in [0.05, 0.1) is 38.4 Å². The lowest BCUT2D eigenvalue weighted by Crippen LogP contribution is -2.22. The Morgan fingerprint density at radius 3 is 2.55 bits per heavy atom. The fourth-order valence-corrected chi connectivity index (χ4v) is 1.65. The topological polar surface area (TPSA) is 120 Å². The second-order valence-corrected chi connectivity index (χ2v) is 4.02. The smallest absolute Gasteiger partial charge is 0.308 e. The maximum Gasteiger partial charge on any atom is 0.308 e. The number of esters is 1. The summed E-state index contributed by atoms with van der Waals surface area (Å²) in [6.07, 6.45) is -3.49. The van der Waals surface area contributed by atoms with Gasteiger partial charge in [-0.3, -0.25) is 4.79 Å². The number of aliphatic hydroxyl groups is 2. The second-order valence-electron chi connectivity index (χ2n) is 4.02. The van der Waals surface area contributed by atoms with E-state index >= 15 is 0 Å². The van der Waals surface area contributed by atoms with E-state index in [9.17, 15) is 20.1 Å². The number of methoxy groups -OCH3 is 2. The average molecular weight is 281 g/mol. The van der Waals surface area contributed by atoms with Crippen LogP contribution in [0.5, 0.6) is 11.5 Å². The van der Waals surface area contributed by atoms with Crippen LogP contribution in [0.2, 0.25) is 0 Å². The summed E-state index contributed by atoms with van der Waals surface area (Å²) in [5, 5.41) is 38.5. The number of aliphatic hydroxyl groups excluding tert-OH is 2. The summed E-state index contributed by atoms with van der Waals surface area (Å²) in [5.74, 6) is -1.12. The van der Waals surface area contributed by atoms with Crippen molar-refractivity contribution in [3.63, 3.8) is 0 Å². The molecule has 0 radical (unpaired) electrons. The van der Waals surface area contributed by atoms with Gasteiger partial charge in [-0.1, -0.05) is 0 Å². The van der Waals surface area contributed by atoms with E-state index in [1.165, 1.54) is 19.2 Å². The van der Waals surface area contributed by atoms with Crippen molar-refractivity contribution in [1.29, 1.82) is 5.26 Å². The molecule has 0 heterocycles. The van der Waals surface area contributed by atoms with Gasteiger partial charge in [-0.25, -0.2) is 0 Å². The SMILES string of the molecule is COC(=O)CC(O)C(O)c1cc(C#N)cc(OC)c1O. The van der Waals surface area contributed by atoms with Crippen molar-refractivity contribution in [2.75, 3.05) is 14.2 Å². The molecule has 0 aromatic heterocycles. The normalized spacial score (nSPS) is 13.2. The second kappa shape index (κ2) is 6.75. The molecular formula is C13H15NO6. The maximum absolute atomic E-state index is 11.1. The Hall–Kier alpha value is -2.30. The molecule has 0 fully saturated rings. The molecular weight excluding hydrogens is 266 g/mol. The van der Waals surface area contributed by atoms with Crippen LogP contribution in [-0.4, -0.2) is 41.6 Å². The number of aromatic hydroxyl groups is 1. The summed E-state index contributed by atoms with van der Waals surface area (Å²) >= 11 is 0. The number of nitrogens with zero attached hydrogens (tertiary/aromatic N) is 1. The number of nitriles is 1. The average Bonchev–Trinajstić information content (AvgIpc) is 2.46. The Morgan fingerprint density at radius 2 is 2.05 bits per heavy atom. The molecule has 1 aromatic rings. The van der Waals surface area contributed by atoms with Crippen LogP contribution in [0.1, 0.15) is 23.7 Å². The minimum atomic E-state index is -1.56. The van der Waals surface area contributed by atoms with Crippen molar-refractivity contribution in [2.24, 2.45) is 0 Å². The summed E-state index contributed by atoms with van der Waals surface area (Å²) in [6.45, 7) is 0. The number of hydrogen-bond donors (Lipinski definition) is 3. The van der Waals surface area contributed by atoms with Crippen LogP contribution in [0.3, 0.4) is 0 Å². The van der Waals surface area contributed by atoms with Crippen molar-refractivity contribution in [1.82, 2.24) is 0 Å². The van der Waals surface area contributed by atoms with Crippen LogP contribution in [0.4, 0.5) is 0 Å². The highest BCUT2D eigenvalue weighted by molar-refractivity contribution is 5.70. The van der Waals surface area contributed by atoms with Crippen LogP contribution >= 0.6 is 0 Å². The molecule has 0 bridgehead atoms. The van der Waals surface area contributed by atoms with Gasteiger partial charge in [0.25, 0.3) is 0 Å². The van der Waals surface area contributed by atoms with E-state index in [0.717, 1.165) is 7.11 Å². The molecule has 0 aliphatic heterocycles. The van der Waals surface area contributed by atoms with Crippen LogP contribution in [0, 0.1) is 11.3 Å². The summed E-state index contributed by atoms with van der Waals surface area (Å²) in [6, 6.07) is 4.34. The molecule has 1 aromatic carbocycles. The number of ether oxygens (including phenoxy) is 2. The van der Waals surface area contributed by atoms with Gasteiger partial charge in [-0.15, -0.1) is 0 Å². The van der Waals surface area contributed by atoms with Gasteiger partial charge in [0.15, 0.2) is 11.5 Å². The fraction of sp³-hybridized carbons (Fsp3) is 0.385. The highest BCUT2D eigenvalue weighted by Crippen LogP contribution is 2.36. The molecule has 20 heavy (non-hydrogen) atoms. The van der Waals surface area contributed by atoms with E-state index in [1.807, 2.05) is 6.07 Å². The molecule has 108 valence electrons. The summed E-state index contributed by atoms with van der Waals surface area (Å²) in [4.78, 5) is 11.1. The Balaban J connectivity index is 3.11. The Bertz CT molecular complexity index is 536. The molecule has 2 unspecified atom stereocenters. The molecule has 0 aliphatic rings. The zero-order valence-corrected chi connectivity index (χ0v) is 11.0. The van der Waals surface area contributed by atoms with Crippen molar-refractivity contribution < 1.29 is 29.6 Å². The summed E-state index contributed by atoms with van der Waals surface area (Å²) in [7, 11) is 2.44. The van der Waals surface area contributed by atoms with Crippen LogP contribution in [-0.2, 0) is 9.53 Å². The molecule has 1 rings (SSSR count). The Kier molecular flexibility index (Phi) is 5.32. The molecule has 0 amide bonds. The molecule has 0 saturated carbocycles. The van der Waals surface area contributed by atoms with E-state index < -0.39 is 30.3 Å². The first-order valence-corrected chi connectivity index (χ1v) is 5.68. The largest absolute Gasteiger partial charge is 0.504 e. The Morgan fingerprint density at radius 1 is 1.40 bits per heavy atom. The molecule has 7 heteroatoms. The van der Waals surface area contributed by atoms with Crippen molar-refractivity contribution in [3.05, 3.63) is 23.3 Å². The van der Waals surface area contributed by atoms with E-state index in [2.05, 4.69) is 4.74 Å². The minimum Gasteiger partial charge on any atom is -0.504 e. The Labute approximate surface area is 115 Å². The van der Waals surface area contributed by atoms with Crippen molar-refractivity contribution >= 4 is 5.97 Å². The van der Waals surface area contributed by atoms with E-state index in [1.54, 1.807) is 0 Å². The molecule has 0 aliphatic carbocycles. The molecule has 0 saturated heterocycles. The first kappa shape index (κ1) is 15.8. The van der Waals surface area contributed by atoms with E-state index in [0.29, 0.717) is 0 Å². The summed E-state index contributed by atoms with van der Waals surface area (Å²) < 4.78 is 9.25. The van der Waals surface area contributed by atoms with Crippen molar-refractivity contribution in [2.45, 2.75) is 18.6 Å². The standard InChI is InChI=1S/C13H15NO6/c1-19-10-4-7(6-14)3-8(13(10)18)12(17)9(15)5-11(16)20-2/h3-4,9,12,15,17-18H,5H2,1-2H3. The number of phenolic OH excluding ortho intramolecular Hbond substituents is 1. The lowest BCUT2D eigenvalue weighted by atomic mass is 9.98. The van der Waals surface area contributed by atoms with Gasteiger partial charge in [0.2, 0.25) is 0 Å². The zero-order chi connectivity index (χ0) is 15.3. The summed E-state index contributed by atoms with van der Waals surface area (Å²) in [5.41, 5.74) is 0.0382. The predicted molar refractivity (Wildman–Crippen MR) is 67.0 cm³/mol. The highest BCUT2D eigenvalue weighted by Gasteiger charge is 2.26. The molecule has 3 N–H and O–H groups in total. The molecule has 0 spiro atoms. The van der Waals surface area contributed by atoms with Gasteiger partial charge in [0, 0.05) is 11.6 Å². The quantitative estimate of drug-likeness (QED) is 0.661. The first-order valence-electron chi connectivity index (χ1n) is 5.68. The lowest BCUT2D eigenvalue weighted by Gasteiger charge is -2.19. The first-order chi connectivity index (χ1) is 9.44. The van der Waals surface area contributed by atoms with E-state index in [-0.39, 0.29) is 16.9 Å². The number of rotatable bonds is 5. The third-order valence-corrected chi connectivity index (χ3v) is 2.74.